The van der Waals surface area contributed by atoms with Gasteiger partial charge in [0.2, 0.25) is 0 Å². The molecule has 0 radical (unpaired) electrons. The normalized spacial score (nSPS) is 12.3. The molecule has 4 aromatic heterocycles. The summed E-state index contributed by atoms with van der Waals surface area (Å²) in [5, 5.41) is 4.76. The summed E-state index contributed by atoms with van der Waals surface area (Å²) in [5.41, 5.74) is 10.7. The molecule has 5 heteroatoms. The van der Waals surface area contributed by atoms with E-state index in [9.17, 15) is 0 Å². The molecule has 0 aliphatic heterocycles. The summed E-state index contributed by atoms with van der Waals surface area (Å²) in [6, 6.07) is 42.2. The first-order valence-electron chi connectivity index (χ1n) is 16.5. The van der Waals surface area contributed by atoms with Crippen LogP contribution in [-0.4, -0.2) is 19.1 Å². The van der Waals surface area contributed by atoms with Crippen molar-refractivity contribution >= 4 is 43.9 Å². The Hall–Kier alpha value is -4.53. The predicted molar refractivity (Wildman–Crippen MR) is 197 cm³/mol. The van der Waals surface area contributed by atoms with Crippen molar-refractivity contribution in [3.63, 3.8) is 0 Å². The van der Waals surface area contributed by atoms with Crippen molar-refractivity contribution in [1.82, 2.24) is 19.1 Å². The van der Waals surface area contributed by atoms with Gasteiger partial charge in [-0.15, -0.1) is 6.07 Å². The number of aromatic nitrogens is 4. The molecule has 4 nitrogen and oxygen atoms in total. The van der Waals surface area contributed by atoms with Gasteiger partial charge >= 0.3 is 0 Å². The molecule has 4 aromatic carbocycles. The Morgan fingerprint density at radius 3 is 1.85 bits per heavy atom. The van der Waals surface area contributed by atoms with Crippen LogP contribution in [0.25, 0.3) is 66.6 Å². The van der Waals surface area contributed by atoms with Crippen LogP contribution in [0.15, 0.2) is 109 Å². The number of hydrogen-bond donors (Lipinski definition) is 0. The molecule has 0 amide bonds. The van der Waals surface area contributed by atoms with Crippen molar-refractivity contribution in [3.05, 3.63) is 132 Å². The number of nitrogens with zero attached hydrogens (tertiary/aromatic N) is 4. The van der Waals surface area contributed by atoms with Crippen LogP contribution in [0.5, 0.6) is 0 Å². The molecule has 8 rings (SSSR count). The van der Waals surface area contributed by atoms with E-state index < -0.39 is 0 Å². The zero-order valence-electron chi connectivity index (χ0n) is 28.5. The zero-order chi connectivity index (χ0) is 32.7. The molecule has 0 bridgehead atoms. The van der Waals surface area contributed by atoms with Gasteiger partial charge in [-0.1, -0.05) is 114 Å². The van der Waals surface area contributed by atoms with Gasteiger partial charge in [0.1, 0.15) is 17.1 Å². The van der Waals surface area contributed by atoms with E-state index in [1.165, 1.54) is 38.2 Å². The van der Waals surface area contributed by atoms with E-state index >= 15 is 0 Å². The molecular formula is C43H39N4Pt-. The fourth-order valence-corrected chi connectivity index (χ4v) is 7.22. The van der Waals surface area contributed by atoms with Gasteiger partial charge in [-0.05, 0) is 53.1 Å². The smallest absolute Gasteiger partial charge is 0.149 e. The van der Waals surface area contributed by atoms with Crippen LogP contribution in [-0.2, 0) is 31.9 Å². The predicted octanol–water partition coefficient (Wildman–Crippen LogP) is 11.0. The fraction of sp³-hybridized carbons (Fsp3) is 0.209. The van der Waals surface area contributed by atoms with Crippen LogP contribution in [0.1, 0.15) is 58.2 Å². The van der Waals surface area contributed by atoms with E-state index in [-0.39, 0.29) is 31.9 Å². The van der Waals surface area contributed by atoms with Gasteiger partial charge in [0.25, 0.3) is 0 Å². The molecule has 0 N–H and O–H groups in total. The van der Waals surface area contributed by atoms with E-state index in [1.54, 1.807) is 0 Å². The van der Waals surface area contributed by atoms with Crippen molar-refractivity contribution in [2.24, 2.45) is 0 Å². The maximum Gasteiger partial charge on any atom is 0.149 e. The maximum absolute atomic E-state index is 5.66. The van der Waals surface area contributed by atoms with E-state index in [0.717, 1.165) is 45.1 Å². The van der Waals surface area contributed by atoms with E-state index in [4.69, 9.17) is 9.97 Å². The molecule has 242 valence electrons. The molecule has 0 unspecified atom stereocenters. The van der Waals surface area contributed by atoms with Crippen molar-refractivity contribution in [2.45, 2.75) is 59.3 Å². The summed E-state index contributed by atoms with van der Waals surface area (Å²) < 4.78 is 4.58. The summed E-state index contributed by atoms with van der Waals surface area (Å²) in [6.07, 6.45) is 0. The van der Waals surface area contributed by atoms with Crippen molar-refractivity contribution in [3.8, 4) is 22.8 Å². The van der Waals surface area contributed by atoms with E-state index in [1.807, 2.05) is 0 Å². The Kier molecular flexibility index (Phi) is 7.72. The number of para-hydroxylation sites is 2. The van der Waals surface area contributed by atoms with Crippen LogP contribution < -0.4 is 0 Å². The van der Waals surface area contributed by atoms with Gasteiger partial charge in [0.05, 0.1) is 16.7 Å². The Morgan fingerprint density at radius 1 is 0.604 bits per heavy atom. The summed E-state index contributed by atoms with van der Waals surface area (Å²) >= 11 is 0. The molecule has 0 fully saturated rings. The van der Waals surface area contributed by atoms with Gasteiger partial charge in [0, 0.05) is 48.2 Å². The molecular weight excluding hydrogens is 768 g/mol. The Balaban J connectivity index is 0.00000364. The van der Waals surface area contributed by atoms with Crippen LogP contribution in [0, 0.1) is 13.0 Å². The van der Waals surface area contributed by atoms with Crippen LogP contribution in [0.3, 0.4) is 0 Å². The second-order valence-electron chi connectivity index (χ2n) is 14.7. The molecule has 0 spiro atoms. The second kappa shape index (κ2) is 11.6. The van der Waals surface area contributed by atoms with E-state index in [2.05, 4.69) is 173 Å². The molecule has 48 heavy (non-hydrogen) atoms. The van der Waals surface area contributed by atoms with Crippen molar-refractivity contribution in [2.75, 3.05) is 0 Å². The Labute approximate surface area is 296 Å². The fourth-order valence-electron chi connectivity index (χ4n) is 7.22. The number of aryl methyl sites for hydroxylation is 1. The number of fused-ring (bicyclic) bond motifs is 6. The Morgan fingerprint density at radius 2 is 1.21 bits per heavy atom. The quantitative estimate of drug-likeness (QED) is 0.167. The number of benzene rings is 4. The molecule has 0 saturated carbocycles. The number of pyridine rings is 2. The van der Waals surface area contributed by atoms with Gasteiger partial charge in [-0.2, -0.15) is 23.8 Å². The third-order valence-electron chi connectivity index (χ3n) is 9.44. The largest absolute Gasteiger partial charge is 0.318 e. The maximum atomic E-state index is 5.66. The third kappa shape index (κ3) is 5.01. The number of rotatable bonds is 3. The molecule has 4 heterocycles. The summed E-state index contributed by atoms with van der Waals surface area (Å²) in [6.45, 7) is 15.9. The number of hydrogen-bond acceptors (Lipinski definition) is 2. The first kappa shape index (κ1) is 32.0. The monoisotopic (exact) mass is 806 g/mol. The zero-order valence-corrected chi connectivity index (χ0v) is 30.8. The van der Waals surface area contributed by atoms with Gasteiger partial charge in [-0.25, -0.2) is 9.97 Å². The van der Waals surface area contributed by atoms with Crippen molar-refractivity contribution in [1.29, 1.82) is 0 Å². The second-order valence-corrected chi connectivity index (χ2v) is 14.7. The Bertz CT molecular complexity index is 2500. The third-order valence-corrected chi connectivity index (χ3v) is 9.44. The SMILES string of the molecule is Cc1ccccc1-c1cccc(-n2c3ccccc3c3c(C(C)(C)C)c4c5ccccc5n(-c5[c-]ccc(C(C)(C)C)c5)c4nc32)n1.[Pt]. The van der Waals surface area contributed by atoms with E-state index in [0.29, 0.717) is 0 Å². The molecule has 0 aliphatic rings. The summed E-state index contributed by atoms with van der Waals surface area (Å²) in [4.78, 5) is 10.9. The summed E-state index contributed by atoms with van der Waals surface area (Å²) in [7, 11) is 0. The first-order chi connectivity index (χ1) is 22.5. The van der Waals surface area contributed by atoms with Gasteiger partial charge in [0.15, 0.2) is 0 Å². The van der Waals surface area contributed by atoms with Crippen LogP contribution in [0.4, 0.5) is 0 Å². The van der Waals surface area contributed by atoms with Gasteiger partial charge < -0.3 is 4.57 Å². The standard InChI is InChI=1S/C43H39N4.Pt/c1-27-16-8-9-19-30(27)33-22-15-25-36(44-33)47-35-24-13-11-21-32(35)38-39(43(5,6)7)37-31-20-10-12-23-34(31)46(40(37)45-41(38)47)29-18-14-17-28(26-29)42(2,3)4;/h8-17,19-26H,1-7H3;/q-1;. The van der Waals surface area contributed by atoms with Crippen molar-refractivity contribution < 1.29 is 21.1 Å². The van der Waals surface area contributed by atoms with Crippen LogP contribution in [0.2, 0.25) is 0 Å². The van der Waals surface area contributed by atoms with Gasteiger partial charge in [-0.3, -0.25) is 4.57 Å². The minimum Gasteiger partial charge on any atom is -0.318 e. The minimum atomic E-state index is -0.184. The van der Waals surface area contributed by atoms with Crippen LogP contribution >= 0.6 is 0 Å². The minimum absolute atomic E-state index is 0. The topological polar surface area (TPSA) is 35.6 Å². The molecule has 0 saturated heterocycles. The molecule has 8 aromatic rings. The summed E-state index contributed by atoms with van der Waals surface area (Å²) in [5.74, 6) is 0.854. The average molecular weight is 807 g/mol. The molecule has 0 aliphatic carbocycles. The average Bonchev–Trinajstić information content (AvgIpc) is 3.55. The molecule has 0 atom stereocenters. The first-order valence-corrected chi connectivity index (χ1v) is 16.5.